The Bertz CT molecular complexity index is 489. The van der Waals surface area contributed by atoms with Gasteiger partial charge in [-0.2, -0.15) is 0 Å². The summed E-state index contributed by atoms with van der Waals surface area (Å²) in [5.74, 6) is 0.264. The third-order valence-corrected chi connectivity index (χ3v) is 4.14. The molecule has 108 valence electrons. The second-order valence-electron chi connectivity index (χ2n) is 5.30. The summed E-state index contributed by atoms with van der Waals surface area (Å²) in [6.45, 7) is 7.15. The topological polar surface area (TPSA) is 46.2 Å². The smallest absolute Gasteiger partial charge is 0.147 e. The zero-order chi connectivity index (χ0) is 14.5. The van der Waals surface area contributed by atoms with Crippen molar-refractivity contribution in [2.75, 3.05) is 18.6 Å². The summed E-state index contributed by atoms with van der Waals surface area (Å²) in [4.78, 5) is 0. The van der Waals surface area contributed by atoms with E-state index in [-0.39, 0.29) is 11.8 Å². The average Bonchev–Trinajstić information content (AvgIpc) is 2.25. The maximum absolute atomic E-state index is 11.2. The molecule has 1 rings (SSSR count). The molecule has 0 aliphatic heterocycles. The molecule has 0 heterocycles. The van der Waals surface area contributed by atoms with Crippen LogP contribution in [0.15, 0.2) is 18.2 Å². The highest BCUT2D eigenvalue weighted by atomic mass is 32.2. The minimum absolute atomic E-state index is 0.241. The molecular formula is C15H25NO2S. The fourth-order valence-corrected chi connectivity index (χ4v) is 3.08. The SMILES string of the molecule is CCNC(CCCS(C)(=O)=O)c1cc(C)cc(C)c1. The number of aryl methyl sites for hydroxylation is 2. The first-order valence-corrected chi connectivity index (χ1v) is 8.87. The molecular weight excluding hydrogens is 258 g/mol. The number of hydrogen-bond acceptors (Lipinski definition) is 3. The lowest BCUT2D eigenvalue weighted by molar-refractivity contribution is 0.506. The van der Waals surface area contributed by atoms with Crippen LogP contribution in [0.1, 0.15) is 42.5 Å². The first kappa shape index (κ1) is 16.2. The minimum atomic E-state index is -2.86. The normalized spacial score (nSPS) is 13.5. The minimum Gasteiger partial charge on any atom is -0.310 e. The summed E-state index contributed by atoms with van der Waals surface area (Å²) in [5, 5.41) is 3.44. The Morgan fingerprint density at radius 3 is 2.21 bits per heavy atom. The highest BCUT2D eigenvalue weighted by Gasteiger charge is 2.12. The fraction of sp³-hybridized carbons (Fsp3) is 0.600. The molecule has 1 atom stereocenters. The average molecular weight is 283 g/mol. The van der Waals surface area contributed by atoms with Crippen LogP contribution in [0.2, 0.25) is 0 Å². The Kier molecular flexibility index (Phi) is 6.01. The van der Waals surface area contributed by atoms with Gasteiger partial charge in [0.05, 0.1) is 0 Å². The summed E-state index contributed by atoms with van der Waals surface area (Å²) in [6, 6.07) is 6.76. The Balaban J connectivity index is 2.76. The van der Waals surface area contributed by atoms with E-state index >= 15 is 0 Å². The molecule has 19 heavy (non-hydrogen) atoms. The van der Waals surface area contributed by atoms with Gasteiger partial charge >= 0.3 is 0 Å². The van der Waals surface area contributed by atoms with Crippen LogP contribution in [0.5, 0.6) is 0 Å². The van der Waals surface area contributed by atoms with Crippen molar-refractivity contribution in [3.05, 3.63) is 34.9 Å². The highest BCUT2D eigenvalue weighted by molar-refractivity contribution is 7.90. The lowest BCUT2D eigenvalue weighted by Gasteiger charge is -2.19. The van der Waals surface area contributed by atoms with Crippen LogP contribution < -0.4 is 5.32 Å². The van der Waals surface area contributed by atoms with Crippen LogP contribution in [-0.4, -0.2) is 27.0 Å². The molecule has 0 spiro atoms. The maximum atomic E-state index is 11.2. The van der Waals surface area contributed by atoms with Gasteiger partial charge in [-0.1, -0.05) is 36.2 Å². The van der Waals surface area contributed by atoms with E-state index in [4.69, 9.17) is 0 Å². The van der Waals surface area contributed by atoms with Gasteiger partial charge < -0.3 is 5.32 Å². The standard InChI is InChI=1S/C15H25NO2S/c1-5-16-15(7-6-8-19(4,17)18)14-10-12(2)9-13(3)11-14/h9-11,15-16H,5-8H2,1-4H3. The van der Waals surface area contributed by atoms with Crippen LogP contribution in [-0.2, 0) is 9.84 Å². The molecule has 1 aromatic carbocycles. The van der Waals surface area contributed by atoms with E-state index in [1.807, 2.05) is 0 Å². The van der Waals surface area contributed by atoms with E-state index in [9.17, 15) is 8.42 Å². The number of hydrogen-bond donors (Lipinski definition) is 1. The molecule has 0 amide bonds. The number of rotatable bonds is 7. The monoisotopic (exact) mass is 283 g/mol. The van der Waals surface area contributed by atoms with Gasteiger partial charge in [0.25, 0.3) is 0 Å². The molecule has 1 aromatic rings. The van der Waals surface area contributed by atoms with Gasteiger partial charge in [0, 0.05) is 18.1 Å². The molecule has 0 fully saturated rings. The molecule has 1 unspecified atom stereocenters. The van der Waals surface area contributed by atoms with E-state index < -0.39 is 9.84 Å². The quantitative estimate of drug-likeness (QED) is 0.837. The van der Waals surface area contributed by atoms with Crippen LogP contribution in [0, 0.1) is 13.8 Å². The Hall–Kier alpha value is -0.870. The van der Waals surface area contributed by atoms with E-state index in [0.29, 0.717) is 6.42 Å². The summed E-state index contributed by atoms with van der Waals surface area (Å²) in [6.07, 6.45) is 2.85. The van der Waals surface area contributed by atoms with Gasteiger partial charge in [0.2, 0.25) is 0 Å². The molecule has 4 heteroatoms. The van der Waals surface area contributed by atoms with Gasteiger partial charge in [-0.05, 0) is 38.8 Å². The van der Waals surface area contributed by atoms with Crippen molar-refractivity contribution in [2.24, 2.45) is 0 Å². The first-order chi connectivity index (χ1) is 8.81. The van der Waals surface area contributed by atoms with Gasteiger partial charge in [-0.15, -0.1) is 0 Å². The van der Waals surface area contributed by atoms with E-state index in [1.54, 1.807) is 0 Å². The van der Waals surface area contributed by atoms with Crippen molar-refractivity contribution in [3.63, 3.8) is 0 Å². The predicted molar refractivity (Wildman–Crippen MR) is 81.3 cm³/mol. The van der Waals surface area contributed by atoms with E-state index in [1.165, 1.54) is 22.9 Å². The van der Waals surface area contributed by atoms with Crippen LogP contribution in [0.4, 0.5) is 0 Å². The molecule has 0 saturated heterocycles. The lowest BCUT2D eigenvalue weighted by Crippen LogP contribution is -2.22. The Morgan fingerprint density at radius 2 is 1.74 bits per heavy atom. The molecule has 3 nitrogen and oxygen atoms in total. The third kappa shape index (κ3) is 6.21. The zero-order valence-corrected chi connectivity index (χ0v) is 13.2. The van der Waals surface area contributed by atoms with Crippen LogP contribution in [0.3, 0.4) is 0 Å². The van der Waals surface area contributed by atoms with Crippen molar-refractivity contribution >= 4 is 9.84 Å². The molecule has 0 aromatic heterocycles. The van der Waals surface area contributed by atoms with E-state index in [2.05, 4.69) is 44.3 Å². The van der Waals surface area contributed by atoms with Gasteiger partial charge in [0.15, 0.2) is 0 Å². The zero-order valence-electron chi connectivity index (χ0n) is 12.4. The molecule has 0 bridgehead atoms. The summed E-state index contributed by atoms with van der Waals surface area (Å²) < 4.78 is 22.4. The first-order valence-electron chi connectivity index (χ1n) is 6.81. The lowest BCUT2D eigenvalue weighted by atomic mass is 9.98. The van der Waals surface area contributed by atoms with Crippen molar-refractivity contribution in [1.29, 1.82) is 0 Å². The predicted octanol–water partition coefficient (Wildman–Crippen LogP) is 2.78. The van der Waals surface area contributed by atoms with Crippen molar-refractivity contribution in [1.82, 2.24) is 5.32 Å². The van der Waals surface area contributed by atoms with E-state index in [0.717, 1.165) is 13.0 Å². The highest BCUT2D eigenvalue weighted by Crippen LogP contribution is 2.21. The van der Waals surface area contributed by atoms with Crippen molar-refractivity contribution in [3.8, 4) is 0 Å². The summed E-state index contributed by atoms with van der Waals surface area (Å²) in [5.41, 5.74) is 3.76. The fourth-order valence-electron chi connectivity index (χ4n) is 2.39. The Morgan fingerprint density at radius 1 is 1.16 bits per heavy atom. The molecule has 1 N–H and O–H groups in total. The molecule has 0 aliphatic rings. The van der Waals surface area contributed by atoms with Gasteiger partial charge in [-0.3, -0.25) is 0 Å². The summed E-state index contributed by atoms with van der Waals surface area (Å²) >= 11 is 0. The number of nitrogens with one attached hydrogen (secondary N) is 1. The van der Waals surface area contributed by atoms with Crippen LogP contribution >= 0.6 is 0 Å². The summed E-state index contributed by atoms with van der Waals surface area (Å²) in [7, 11) is -2.86. The number of sulfone groups is 1. The molecule has 0 saturated carbocycles. The van der Waals surface area contributed by atoms with Gasteiger partial charge in [0.1, 0.15) is 9.84 Å². The molecule has 0 aliphatic carbocycles. The second-order valence-corrected chi connectivity index (χ2v) is 7.56. The van der Waals surface area contributed by atoms with Crippen molar-refractivity contribution < 1.29 is 8.42 Å². The largest absolute Gasteiger partial charge is 0.310 e. The van der Waals surface area contributed by atoms with Crippen molar-refractivity contribution in [2.45, 2.75) is 39.7 Å². The second kappa shape index (κ2) is 7.06. The number of benzene rings is 1. The van der Waals surface area contributed by atoms with Gasteiger partial charge in [-0.25, -0.2) is 8.42 Å². The maximum Gasteiger partial charge on any atom is 0.147 e. The van der Waals surface area contributed by atoms with Crippen LogP contribution in [0.25, 0.3) is 0 Å². The molecule has 0 radical (unpaired) electrons. The Labute approximate surface area is 117 Å². The third-order valence-electron chi connectivity index (χ3n) is 3.10.